The number of hydrazine groups is 1. The molecule has 0 aliphatic carbocycles. The monoisotopic (exact) mass is 320 g/mol. The fourth-order valence-corrected chi connectivity index (χ4v) is 1.64. The van der Waals surface area contributed by atoms with Crippen molar-refractivity contribution >= 4 is 17.4 Å². The second kappa shape index (κ2) is 6.70. The third-order valence-electron chi connectivity index (χ3n) is 2.66. The summed E-state index contributed by atoms with van der Waals surface area (Å²) in [7, 11) is 0. The van der Waals surface area contributed by atoms with Crippen molar-refractivity contribution in [2.24, 2.45) is 0 Å². The summed E-state index contributed by atoms with van der Waals surface area (Å²) in [6.07, 6.45) is 1.63. The molecule has 2 aromatic rings. The number of rotatable bonds is 3. The van der Waals surface area contributed by atoms with Gasteiger partial charge in [0.15, 0.2) is 0 Å². The SMILES string of the molecule is C#Cc1cccc(NNC(=O)Nc2ccnc(C(F)(F)F)c2)c1. The van der Waals surface area contributed by atoms with E-state index in [9.17, 15) is 18.0 Å². The van der Waals surface area contributed by atoms with Gasteiger partial charge in [-0.1, -0.05) is 12.0 Å². The molecule has 1 aromatic heterocycles. The lowest BCUT2D eigenvalue weighted by molar-refractivity contribution is -0.141. The number of nitrogens with one attached hydrogen (secondary N) is 3. The van der Waals surface area contributed by atoms with E-state index in [2.05, 4.69) is 27.1 Å². The standard InChI is InChI=1S/C15H11F3N4O/c1-2-10-4-3-5-12(8-10)21-22-14(23)20-11-6-7-19-13(9-11)15(16,17)18/h1,3-9,21H,(H2,19,20,22,23). The van der Waals surface area contributed by atoms with Crippen molar-refractivity contribution in [3.05, 3.63) is 53.9 Å². The number of halogens is 3. The molecule has 23 heavy (non-hydrogen) atoms. The first-order chi connectivity index (χ1) is 10.9. The predicted octanol–water partition coefficient (Wildman–Crippen LogP) is 3.23. The Morgan fingerprint density at radius 2 is 1.96 bits per heavy atom. The highest BCUT2D eigenvalue weighted by Crippen LogP contribution is 2.28. The summed E-state index contributed by atoms with van der Waals surface area (Å²) in [5.41, 5.74) is 4.89. The molecule has 0 atom stereocenters. The summed E-state index contributed by atoms with van der Waals surface area (Å²) >= 11 is 0. The number of benzene rings is 1. The van der Waals surface area contributed by atoms with Gasteiger partial charge in [0.05, 0.1) is 5.69 Å². The molecule has 0 radical (unpaired) electrons. The molecule has 1 aromatic carbocycles. The molecule has 0 aliphatic rings. The van der Waals surface area contributed by atoms with Crippen LogP contribution in [0.5, 0.6) is 0 Å². The van der Waals surface area contributed by atoms with Crippen LogP contribution in [0.3, 0.4) is 0 Å². The molecule has 3 N–H and O–H groups in total. The molecule has 5 nitrogen and oxygen atoms in total. The Labute approximate surface area is 129 Å². The van der Waals surface area contributed by atoms with Crippen LogP contribution in [-0.4, -0.2) is 11.0 Å². The van der Waals surface area contributed by atoms with Crippen LogP contribution in [0.1, 0.15) is 11.3 Å². The van der Waals surface area contributed by atoms with Gasteiger partial charge in [-0.3, -0.25) is 15.8 Å². The third kappa shape index (κ3) is 4.64. The molecule has 0 spiro atoms. The average Bonchev–Trinajstić information content (AvgIpc) is 2.52. The number of carbonyl (C=O) groups is 1. The van der Waals surface area contributed by atoms with Gasteiger partial charge in [-0.05, 0) is 30.3 Å². The minimum atomic E-state index is -4.58. The summed E-state index contributed by atoms with van der Waals surface area (Å²) in [5.74, 6) is 2.43. The van der Waals surface area contributed by atoms with Crippen molar-refractivity contribution in [1.82, 2.24) is 10.4 Å². The summed E-state index contributed by atoms with van der Waals surface area (Å²) in [4.78, 5) is 14.9. The molecule has 8 heteroatoms. The van der Waals surface area contributed by atoms with Crippen LogP contribution in [-0.2, 0) is 6.18 Å². The lowest BCUT2D eigenvalue weighted by atomic mass is 10.2. The molecule has 118 valence electrons. The fraction of sp³-hybridized carbons (Fsp3) is 0.0667. The molecule has 0 fully saturated rings. The first-order valence-electron chi connectivity index (χ1n) is 6.31. The molecule has 0 saturated carbocycles. The van der Waals surface area contributed by atoms with Crippen molar-refractivity contribution in [3.63, 3.8) is 0 Å². The normalized spacial score (nSPS) is 10.5. The molecule has 0 saturated heterocycles. The molecule has 2 amide bonds. The summed E-state index contributed by atoms with van der Waals surface area (Å²) in [6.45, 7) is 0. The number of carbonyl (C=O) groups excluding carboxylic acids is 1. The van der Waals surface area contributed by atoms with Crippen molar-refractivity contribution in [1.29, 1.82) is 0 Å². The van der Waals surface area contributed by atoms with E-state index in [0.29, 0.717) is 11.3 Å². The Kier molecular flexibility index (Phi) is 4.71. The van der Waals surface area contributed by atoms with Gasteiger partial charge in [-0.25, -0.2) is 4.79 Å². The van der Waals surface area contributed by atoms with E-state index in [4.69, 9.17) is 6.42 Å². The minimum Gasteiger partial charge on any atom is -0.306 e. The predicted molar refractivity (Wildman–Crippen MR) is 79.4 cm³/mol. The van der Waals surface area contributed by atoms with E-state index in [-0.39, 0.29) is 5.69 Å². The van der Waals surface area contributed by atoms with Gasteiger partial charge >= 0.3 is 12.2 Å². The lowest BCUT2D eigenvalue weighted by Crippen LogP contribution is -2.33. The van der Waals surface area contributed by atoms with Gasteiger partial charge in [0.25, 0.3) is 0 Å². The molecule has 0 unspecified atom stereocenters. The van der Waals surface area contributed by atoms with E-state index in [1.807, 2.05) is 0 Å². The zero-order chi connectivity index (χ0) is 16.9. The number of aromatic nitrogens is 1. The van der Waals surface area contributed by atoms with Gasteiger partial charge in [0.1, 0.15) is 5.69 Å². The highest BCUT2D eigenvalue weighted by Gasteiger charge is 2.32. The minimum absolute atomic E-state index is 0.0380. The largest absolute Gasteiger partial charge is 0.433 e. The third-order valence-corrected chi connectivity index (χ3v) is 2.66. The molecular weight excluding hydrogens is 309 g/mol. The Morgan fingerprint density at radius 3 is 2.65 bits per heavy atom. The maximum atomic E-state index is 12.5. The second-order valence-electron chi connectivity index (χ2n) is 4.36. The van der Waals surface area contributed by atoms with Gasteiger partial charge in [0.2, 0.25) is 0 Å². The van der Waals surface area contributed by atoms with Crippen LogP contribution in [0.15, 0.2) is 42.6 Å². The van der Waals surface area contributed by atoms with E-state index in [1.165, 1.54) is 6.07 Å². The van der Waals surface area contributed by atoms with Crippen molar-refractivity contribution in [2.45, 2.75) is 6.18 Å². The summed E-state index contributed by atoms with van der Waals surface area (Å²) < 4.78 is 37.6. The Morgan fingerprint density at radius 1 is 1.17 bits per heavy atom. The van der Waals surface area contributed by atoms with Gasteiger partial charge < -0.3 is 5.32 Å². The number of amides is 2. The van der Waals surface area contributed by atoms with Gasteiger partial charge in [0, 0.05) is 17.4 Å². The molecule has 1 heterocycles. The smallest absolute Gasteiger partial charge is 0.306 e. The van der Waals surface area contributed by atoms with E-state index < -0.39 is 17.9 Å². The number of hydrogen-bond acceptors (Lipinski definition) is 3. The number of terminal acetylenes is 1. The molecular formula is C15H11F3N4O. The lowest BCUT2D eigenvalue weighted by Gasteiger charge is -2.11. The van der Waals surface area contributed by atoms with Crippen LogP contribution in [0, 0.1) is 12.3 Å². The molecule has 0 aliphatic heterocycles. The number of anilines is 2. The Balaban J connectivity index is 1.96. The highest BCUT2D eigenvalue weighted by molar-refractivity contribution is 5.90. The number of pyridine rings is 1. The summed E-state index contributed by atoms with van der Waals surface area (Å²) in [6, 6.07) is 7.92. The van der Waals surface area contributed by atoms with Crippen molar-refractivity contribution in [3.8, 4) is 12.3 Å². The maximum absolute atomic E-state index is 12.5. The first kappa shape index (κ1) is 16.2. The number of nitrogens with zero attached hydrogens (tertiary/aromatic N) is 1. The van der Waals surface area contributed by atoms with Gasteiger partial charge in [-0.2, -0.15) is 13.2 Å². The maximum Gasteiger partial charge on any atom is 0.433 e. The number of alkyl halides is 3. The van der Waals surface area contributed by atoms with Crippen molar-refractivity contribution < 1.29 is 18.0 Å². The van der Waals surface area contributed by atoms with Crippen LogP contribution >= 0.6 is 0 Å². The fourth-order valence-electron chi connectivity index (χ4n) is 1.64. The van der Waals surface area contributed by atoms with E-state index >= 15 is 0 Å². The number of hydrogen-bond donors (Lipinski definition) is 3. The zero-order valence-electron chi connectivity index (χ0n) is 11.6. The Hall–Kier alpha value is -3.21. The average molecular weight is 320 g/mol. The Bertz CT molecular complexity index is 753. The summed E-state index contributed by atoms with van der Waals surface area (Å²) in [5, 5.41) is 2.26. The topological polar surface area (TPSA) is 66.0 Å². The van der Waals surface area contributed by atoms with Crippen molar-refractivity contribution in [2.75, 3.05) is 10.7 Å². The number of urea groups is 1. The van der Waals surface area contributed by atoms with Crippen LogP contribution in [0.2, 0.25) is 0 Å². The second-order valence-corrected chi connectivity index (χ2v) is 4.36. The zero-order valence-corrected chi connectivity index (χ0v) is 11.6. The first-order valence-corrected chi connectivity index (χ1v) is 6.31. The van der Waals surface area contributed by atoms with E-state index in [1.54, 1.807) is 24.3 Å². The quantitative estimate of drug-likeness (QED) is 0.601. The molecule has 2 rings (SSSR count). The van der Waals surface area contributed by atoms with Gasteiger partial charge in [-0.15, -0.1) is 6.42 Å². The van der Waals surface area contributed by atoms with E-state index in [0.717, 1.165) is 12.3 Å². The molecule has 0 bridgehead atoms. The van der Waals surface area contributed by atoms with Crippen LogP contribution in [0.4, 0.5) is 29.3 Å². The van der Waals surface area contributed by atoms with Crippen LogP contribution in [0.25, 0.3) is 0 Å². The van der Waals surface area contributed by atoms with Crippen LogP contribution < -0.4 is 16.2 Å². The highest BCUT2D eigenvalue weighted by atomic mass is 19.4.